The van der Waals surface area contributed by atoms with Crippen molar-refractivity contribution in [2.24, 2.45) is 5.92 Å². The molecule has 1 aliphatic carbocycles. The lowest BCUT2D eigenvalue weighted by Crippen LogP contribution is -2.53. The summed E-state index contributed by atoms with van der Waals surface area (Å²) in [5.74, 6) is 1.06. The lowest BCUT2D eigenvalue weighted by Gasteiger charge is -2.35. The molecule has 0 aromatic heterocycles. The van der Waals surface area contributed by atoms with Crippen LogP contribution in [0.25, 0.3) is 0 Å². The molecule has 6 nitrogen and oxygen atoms in total. The first kappa shape index (κ1) is 17.7. The number of hydrogen-bond donors (Lipinski definition) is 1. The van der Waals surface area contributed by atoms with Crippen LogP contribution in [0.5, 0.6) is 0 Å². The van der Waals surface area contributed by atoms with Gasteiger partial charge in [-0.25, -0.2) is 0 Å². The topological polar surface area (TPSA) is 61.9 Å². The van der Waals surface area contributed by atoms with Gasteiger partial charge in [-0.2, -0.15) is 0 Å². The Bertz CT molecular complexity index is 435. The van der Waals surface area contributed by atoms with E-state index in [9.17, 15) is 9.59 Å². The van der Waals surface area contributed by atoms with Crippen LogP contribution in [0.1, 0.15) is 45.4 Å². The maximum Gasteiger partial charge on any atom is 0.251 e. The lowest BCUT2D eigenvalue weighted by atomic mass is 9.87. The molecule has 2 aliphatic heterocycles. The third-order valence-electron chi connectivity index (χ3n) is 5.64. The highest BCUT2D eigenvalue weighted by atomic mass is 16.5. The Hall–Kier alpha value is -1.14. The van der Waals surface area contributed by atoms with Crippen LogP contribution in [-0.4, -0.2) is 73.1 Å². The summed E-state index contributed by atoms with van der Waals surface area (Å²) in [7, 11) is 0. The van der Waals surface area contributed by atoms with Gasteiger partial charge in [-0.1, -0.05) is 6.92 Å². The van der Waals surface area contributed by atoms with E-state index >= 15 is 0 Å². The number of carbonyl (C=O) groups is 2. The van der Waals surface area contributed by atoms with Crippen LogP contribution in [0.15, 0.2) is 0 Å². The molecular weight excluding hydrogens is 306 g/mol. The van der Waals surface area contributed by atoms with Gasteiger partial charge in [0, 0.05) is 38.8 Å². The molecule has 1 N–H and O–H groups in total. The molecule has 3 fully saturated rings. The second-order valence-electron chi connectivity index (χ2n) is 7.63. The van der Waals surface area contributed by atoms with Crippen molar-refractivity contribution in [1.29, 1.82) is 0 Å². The van der Waals surface area contributed by atoms with Crippen molar-refractivity contribution in [1.82, 2.24) is 15.1 Å². The predicted octanol–water partition coefficient (Wildman–Crippen LogP) is 1.00. The fourth-order valence-electron chi connectivity index (χ4n) is 3.98. The van der Waals surface area contributed by atoms with E-state index in [1.165, 1.54) is 12.8 Å². The highest BCUT2D eigenvalue weighted by Crippen LogP contribution is 2.23. The average Bonchev–Trinajstić information content (AvgIpc) is 3.11. The van der Waals surface area contributed by atoms with Crippen LogP contribution in [-0.2, 0) is 14.3 Å². The summed E-state index contributed by atoms with van der Waals surface area (Å²) in [5, 5.41) is 3.18. The van der Waals surface area contributed by atoms with E-state index in [4.69, 9.17) is 4.74 Å². The first-order chi connectivity index (χ1) is 11.6. The monoisotopic (exact) mass is 337 g/mol. The van der Waals surface area contributed by atoms with Crippen molar-refractivity contribution in [2.75, 3.05) is 39.3 Å². The minimum absolute atomic E-state index is 0.132. The number of nitrogens with zero attached hydrogens (tertiary/aromatic N) is 2. The van der Waals surface area contributed by atoms with Crippen LogP contribution < -0.4 is 5.32 Å². The standard InChI is InChI=1S/C18H31N3O3/c1-14-4-6-15(7-5-14)19-17(22)13-20-8-10-21(11-9-20)18(23)16-3-2-12-24-16/h14-16H,2-13H2,1H3,(H,19,22). The Labute approximate surface area is 144 Å². The van der Waals surface area contributed by atoms with Gasteiger partial charge in [-0.05, 0) is 44.4 Å². The largest absolute Gasteiger partial charge is 0.368 e. The molecule has 0 aromatic rings. The fraction of sp³-hybridized carbons (Fsp3) is 0.889. The van der Waals surface area contributed by atoms with E-state index in [0.717, 1.165) is 44.7 Å². The van der Waals surface area contributed by atoms with Crippen molar-refractivity contribution in [3.63, 3.8) is 0 Å². The van der Waals surface area contributed by atoms with Gasteiger partial charge in [0.1, 0.15) is 6.10 Å². The number of carbonyl (C=O) groups excluding carboxylic acids is 2. The van der Waals surface area contributed by atoms with Gasteiger partial charge in [0.15, 0.2) is 0 Å². The van der Waals surface area contributed by atoms with Crippen molar-refractivity contribution < 1.29 is 14.3 Å². The summed E-state index contributed by atoms with van der Waals surface area (Å²) < 4.78 is 5.48. The summed E-state index contributed by atoms with van der Waals surface area (Å²) in [5.41, 5.74) is 0. The molecule has 1 saturated carbocycles. The number of amides is 2. The fourth-order valence-corrected chi connectivity index (χ4v) is 3.98. The molecule has 0 bridgehead atoms. The summed E-state index contributed by atoms with van der Waals surface area (Å²) in [6, 6.07) is 0.357. The molecular formula is C18H31N3O3. The zero-order chi connectivity index (χ0) is 16.9. The number of piperazine rings is 1. The van der Waals surface area contributed by atoms with E-state index in [2.05, 4.69) is 17.1 Å². The third kappa shape index (κ3) is 4.70. The van der Waals surface area contributed by atoms with Crippen LogP contribution in [0.3, 0.4) is 0 Å². The van der Waals surface area contributed by atoms with Gasteiger partial charge in [0.25, 0.3) is 5.91 Å². The Morgan fingerprint density at radius 1 is 1.04 bits per heavy atom. The minimum Gasteiger partial charge on any atom is -0.368 e. The summed E-state index contributed by atoms with van der Waals surface area (Å²) in [6.07, 6.45) is 6.25. The molecule has 2 amide bonds. The molecule has 0 aromatic carbocycles. The van der Waals surface area contributed by atoms with Gasteiger partial charge in [-0.3, -0.25) is 14.5 Å². The molecule has 1 unspecified atom stereocenters. The highest BCUT2D eigenvalue weighted by Gasteiger charge is 2.30. The van der Waals surface area contributed by atoms with E-state index in [-0.39, 0.29) is 17.9 Å². The van der Waals surface area contributed by atoms with Gasteiger partial charge in [0.05, 0.1) is 6.54 Å². The molecule has 0 spiro atoms. The lowest BCUT2D eigenvalue weighted by molar-refractivity contribution is -0.142. The van der Waals surface area contributed by atoms with Crippen molar-refractivity contribution >= 4 is 11.8 Å². The second-order valence-corrected chi connectivity index (χ2v) is 7.63. The molecule has 3 aliphatic rings. The van der Waals surface area contributed by atoms with Gasteiger partial charge >= 0.3 is 0 Å². The van der Waals surface area contributed by atoms with Crippen LogP contribution in [0.2, 0.25) is 0 Å². The van der Waals surface area contributed by atoms with E-state index in [1.807, 2.05) is 4.90 Å². The van der Waals surface area contributed by atoms with Crippen molar-refractivity contribution in [3.05, 3.63) is 0 Å². The second kappa shape index (κ2) is 8.30. The molecule has 2 heterocycles. The van der Waals surface area contributed by atoms with Crippen molar-refractivity contribution in [3.8, 4) is 0 Å². The smallest absolute Gasteiger partial charge is 0.251 e. The zero-order valence-corrected chi connectivity index (χ0v) is 14.8. The van der Waals surface area contributed by atoms with Crippen LogP contribution >= 0.6 is 0 Å². The van der Waals surface area contributed by atoms with E-state index < -0.39 is 0 Å². The molecule has 24 heavy (non-hydrogen) atoms. The molecule has 2 saturated heterocycles. The normalized spacial score (nSPS) is 31.9. The number of ether oxygens (including phenoxy) is 1. The van der Waals surface area contributed by atoms with Crippen LogP contribution in [0.4, 0.5) is 0 Å². The Balaban J connectivity index is 1.35. The molecule has 136 valence electrons. The summed E-state index contributed by atoms with van der Waals surface area (Å²) >= 11 is 0. The van der Waals surface area contributed by atoms with Crippen LogP contribution in [0, 0.1) is 5.92 Å². The van der Waals surface area contributed by atoms with Gasteiger partial charge < -0.3 is 15.0 Å². The van der Waals surface area contributed by atoms with E-state index in [1.54, 1.807) is 0 Å². The third-order valence-corrected chi connectivity index (χ3v) is 5.64. The van der Waals surface area contributed by atoms with Crippen molar-refractivity contribution in [2.45, 2.75) is 57.6 Å². The number of rotatable bonds is 4. The first-order valence-electron chi connectivity index (χ1n) is 9.54. The maximum atomic E-state index is 12.3. The summed E-state index contributed by atoms with van der Waals surface area (Å²) in [6.45, 7) is 6.39. The first-order valence-corrected chi connectivity index (χ1v) is 9.54. The Kier molecular flexibility index (Phi) is 6.11. The number of nitrogens with one attached hydrogen (secondary N) is 1. The zero-order valence-electron chi connectivity index (χ0n) is 14.8. The van der Waals surface area contributed by atoms with Gasteiger partial charge in [0.2, 0.25) is 5.91 Å². The molecule has 6 heteroatoms. The predicted molar refractivity (Wildman–Crippen MR) is 91.6 cm³/mol. The minimum atomic E-state index is -0.228. The SMILES string of the molecule is CC1CCC(NC(=O)CN2CCN(C(=O)C3CCCO3)CC2)CC1. The average molecular weight is 337 g/mol. The molecule has 0 radical (unpaired) electrons. The highest BCUT2D eigenvalue weighted by molar-refractivity contribution is 5.81. The molecule has 3 rings (SSSR count). The summed E-state index contributed by atoms with van der Waals surface area (Å²) in [4.78, 5) is 28.6. The number of hydrogen-bond acceptors (Lipinski definition) is 4. The maximum absolute atomic E-state index is 12.3. The molecule has 1 atom stereocenters. The Morgan fingerprint density at radius 3 is 2.38 bits per heavy atom. The van der Waals surface area contributed by atoms with Gasteiger partial charge in [-0.15, -0.1) is 0 Å². The van der Waals surface area contributed by atoms with E-state index in [0.29, 0.717) is 32.3 Å². The quantitative estimate of drug-likeness (QED) is 0.831. The Morgan fingerprint density at radius 2 is 1.75 bits per heavy atom.